The Morgan fingerprint density at radius 2 is 1.93 bits per heavy atom. The molecule has 0 radical (unpaired) electrons. The molecule has 2 nitrogen and oxygen atoms in total. The van der Waals surface area contributed by atoms with Gasteiger partial charge in [0, 0.05) is 10.6 Å². The molecule has 0 fully saturated rings. The minimum Gasteiger partial charge on any atom is -0.297 e. The van der Waals surface area contributed by atoms with Crippen molar-refractivity contribution < 1.29 is 0 Å². The van der Waals surface area contributed by atoms with Gasteiger partial charge >= 0.3 is 0 Å². The van der Waals surface area contributed by atoms with Gasteiger partial charge in [0.1, 0.15) is 5.01 Å². The summed E-state index contributed by atoms with van der Waals surface area (Å²) in [4.78, 5) is 8.39. The lowest BCUT2D eigenvalue weighted by Crippen LogP contribution is -2.21. The minimum absolute atomic E-state index is 0.819. The Kier molecular flexibility index (Phi) is 5.64. The summed E-state index contributed by atoms with van der Waals surface area (Å²) in [7, 11) is 0. The zero-order chi connectivity index (χ0) is 11.3. The van der Waals surface area contributed by atoms with Gasteiger partial charge in [-0.15, -0.1) is 11.3 Å². The Bertz CT molecular complexity index is 271. The van der Waals surface area contributed by atoms with E-state index >= 15 is 0 Å². The lowest BCUT2D eigenvalue weighted by molar-refractivity contribution is 0.295. The molecular formula is C11H20N2S2. The van der Waals surface area contributed by atoms with Crippen molar-refractivity contribution in [1.29, 1.82) is 0 Å². The van der Waals surface area contributed by atoms with E-state index in [-0.39, 0.29) is 0 Å². The van der Waals surface area contributed by atoms with Gasteiger partial charge in [-0.25, -0.2) is 4.98 Å². The molecular weight excluding hydrogens is 224 g/mol. The Balaban J connectivity index is 2.73. The summed E-state index contributed by atoms with van der Waals surface area (Å²) >= 11 is 6.15. The summed E-state index contributed by atoms with van der Waals surface area (Å²) < 4.78 is 0. The predicted molar refractivity (Wildman–Crippen MR) is 70.8 cm³/mol. The summed E-state index contributed by atoms with van der Waals surface area (Å²) in [5, 5.41) is 1.24. The van der Waals surface area contributed by atoms with Crippen molar-refractivity contribution in [3.8, 4) is 0 Å². The molecule has 0 atom stereocenters. The number of aromatic nitrogens is 1. The van der Waals surface area contributed by atoms with Gasteiger partial charge in [-0.2, -0.15) is 12.6 Å². The number of aryl methyl sites for hydroxylation is 1. The molecule has 1 aromatic rings. The maximum atomic E-state index is 4.66. The van der Waals surface area contributed by atoms with Crippen molar-refractivity contribution >= 4 is 24.0 Å². The van der Waals surface area contributed by atoms with Crippen LogP contribution in [-0.4, -0.2) is 23.0 Å². The predicted octanol–water partition coefficient (Wildman–Crippen LogP) is 2.98. The monoisotopic (exact) mass is 244 g/mol. The van der Waals surface area contributed by atoms with Crippen LogP contribution < -0.4 is 0 Å². The standard InChI is InChI=1S/C11H20N2S2/c1-4-9-10(8-14)15-11(12-9)7-13(5-2)6-3/h14H,4-8H2,1-3H3. The fourth-order valence-corrected chi connectivity index (χ4v) is 2.98. The van der Waals surface area contributed by atoms with Crippen molar-refractivity contribution in [2.45, 2.75) is 39.5 Å². The fraction of sp³-hybridized carbons (Fsp3) is 0.727. The fourth-order valence-electron chi connectivity index (χ4n) is 1.54. The van der Waals surface area contributed by atoms with Gasteiger partial charge in [-0.1, -0.05) is 20.8 Å². The molecule has 0 aliphatic heterocycles. The highest BCUT2D eigenvalue weighted by atomic mass is 32.1. The van der Waals surface area contributed by atoms with Crippen LogP contribution in [0, 0.1) is 0 Å². The molecule has 0 bridgehead atoms. The van der Waals surface area contributed by atoms with Gasteiger partial charge in [-0.3, -0.25) is 4.90 Å². The molecule has 0 aliphatic carbocycles. The molecule has 0 aliphatic rings. The highest BCUT2D eigenvalue weighted by Crippen LogP contribution is 2.22. The summed E-state index contributed by atoms with van der Waals surface area (Å²) in [5.41, 5.74) is 1.23. The molecule has 0 spiro atoms. The van der Waals surface area contributed by atoms with Crippen molar-refractivity contribution in [3.63, 3.8) is 0 Å². The maximum absolute atomic E-state index is 4.66. The van der Waals surface area contributed by atoms with Gasteiger partial charge < -0.3 is 0 Å². The van der Waals surface area contributed by atoms with Crippen LogP contribution in [0.2, 0.25) is 0 Å². The highest BCUT2D eigenvalue weighted by Gasteiger charge is 2.10. The molecule has 0 N–H and O–H groups in total. The second-order valence-electron chi connectivity index (χ2n) is 3.45. The van der Waals surface area contributed by atoms with Crippen LogP contribution in [-0.2, 0) is 18.7 Å². The molecule has 0 unspecified atom stereocenters. The first-order valence-electron chi connectivity index (χ1n) is 5.55. The highest BCUT2D eigenvalue weighted by molar-refractivity contribution is 7.79. The van der Waals surface area contributed by atoms with Gasteiger partial charge in [-0.05, 0) is 19.5 Å². The zero-order valence-corrected chi connectivity index (χ0v) is 11.5. The Labute approximate surface area is 102 Å². The lowest BCUT2D eigenvalue weighted by Gasteiger charge is -2.15. The van der Waals surface area contributed by atoms with Gasteiger partial charge in [0.15, 0.2) is 0 Å². The van der Waals surface area contributed by atoms with Crippen LogP contribution in [0.15, 0.2) is 0 Å². The first kappa shape index (κ1) is 13.0. The van der Waals surface area contributed by atoms with Crippen LogP contribution in [0.3, 0.4) is 0 Å². The van der Waals surface area contributed by atoms with Crippen LogP contribution in [0.1, 0.15) is 36.3 Å². The SMILES string of the molecule is CCc1nc(CN(CC)CC)sc1CS. The first-order chi connectivity index (χ1) is 7.24. The average Bonchev–Trinajstić information content (AvgIpc) is 2.68. The van der Waals surface area contributed by atoms with Gasteiger partial charge in [0.2, 0.25) is 0 Å². The van der Waals surface area contributed by atoms with Crippen LogP contribution in [0.25, 0.3) is 0 Å². The number of thiol groups is 1. The van der Waals surface area contributed by atoms with Gasteiger partial charge in [0.05, 0.1) is 12.2 Å². The van der Waals surface area contributed by atoms with E-state index in [0.717, 1.165) is 31.8 Å². The van der Waals surface area contributed by atoms with E-state index in [9.17, 15) is 0 Å². The summed E-state index contributed by atoms with van der Waals surface area (Å²) in [5.74, 6) is 0.819. The Morgan fingerprint density at radius 1 is 1.27 bits per heavy atom. The summed E-state index contributed by atoms with van der Waals surface area (Å²) in [6, 6.07) is 0. The molecule has 1 rings (SSSR count). The van der Waals surface area contributed by atoms with E-state index in [1.807, 2.05) is 11.3 Å². The van der Waals surface area contributed by atoms with Crippen molar-refractivity contribution in [1.82, 2.24) is 9.88 Å². The molecule has 15 heavy (non-hydrogen) atoms. The van der Waals surface area contributed by atoms with E-state index in [0.29, 0.717) is 0 Å². The zero-order valence-electron chi connectivity index (χ0n) is 9.79. The second-order valence-corrected chi connectivity index (χ2v) is 4.93. The topological polar surface area (TPSA) is 16.1 Å². The molecule has 86 valence electrons. The summed E-state index contributed by atoms with van der Waals surface area (Å²) in [6.07, 6.45) is 1.02. The van der Waals surface area contributed by atoms with Crippen LogP contribution in [0.4, 0.5) is 0 Å². The molecule has 0 amide bonds. The van der Waals surface area contributed by atoms with E-state index in [2.05, 4.69) is 43.3 Å². The average molecular weight is 244 g/mol. The smallest absolute Gasteiger partial charge is 0.107 e. The van der Waals surface area contributed by atoms with Gasteiger partial charge in [0.25, 0.3) is 0 Å². The van der Waals surface area contributed by atoms with Crippen LogP contribution in [0.5, 0.6) is 0 Å². The molecule has 0 aromatic carbocycles. The third kappa shape index (κ3) is 3.47. The maximum Gasteiger partial charge on any atom is 0.107 e. The van der Waals surface area contributed by atoms with Crippen molar-refractivity contribution in [3.05, 3.63) is 15.6 Å². The Hall–Kier alpha value is -0.0600. The normalized spacial score (nSPS) is 11.3. The van der Waals surface area contributed by atoms with E-state index in [1.54, 1.807) is 0 Å². The third-order valence-electron chi connectivity index (χ3n) is 2.55. The number of thiazole rings is 1. The van der Waals surface area contributed by atoms with Crippen molar-refractivity contribution in [2.75, 3.05) is 13.1 Å². The molecule has 1 aromatic heterocycles. The first-order valence-corrected chi connectivity index (χ1v) is 7.00. The largest absolute Gasteiger partial charge is 0.297 e. The number of hydrogen-bond donors (Lipinski definition) is 1. The van der Waals surface area contributed by atoms with E-state index < -0.39 is 0 Å². The Morgan fingerprint density at radius 3 is 2.33 bits per heavy atom. The van der Waals surface area contributed by atoms with Crippen molar-refractivity contribution in [2.24, 2.45) is 0 Å². The summed E-state index contributed by atoms with van der Waals surface area (Å²) in [6.45, 7) is 9.71. The molecule has 0 saturated heterocycles. The quantitative estimate of drug-likeness (QED) is 0.774. The number of hydrogen-bond acceptors (Lipinski definition) is 4. The van der Waals surface area contributed by atoms with E-state index in [4.69, 9.17) is 0 Å². The number of nitrogens with zero attached hydrogens (tertiary/aromatic N) is 2. The van der Waals surface area contributed by atoms with E-state index in [1.165, 1.54) is 15.6 Å². The molecule has 1 heterocycles. The minimum atomic E-state index is 0.819. The number of rotatable bonds is 6. The lowest BCUT2D eigenvalue weighted by atomic mass is 10.3. The second kappa shape index (κ2) is 6.51. The molecule has 0 saturated carbocycles. The van der Waals surface area contributed by atoms with Crippen LogP contribution >= 0.6 is 24.0 Å². The molecule has 4 heteroatoms. The third-order valence-corrected chi connectivity index (χ3v) is 4.17.